The molecule has 0 aliphatic carbocycles. The summed E-state index contributed by atoms with van der Waals surface area (Å²) in [4.78, 5) is 31.8. The first kappa shape index (κ1) is 15.8. The van der Waals surface area contributed by atoms with Gasteiger partial charge in [0.15, 0.2) is 0 Å². The molecule has 13 heavy (non-hydrogen) atoms. The summed E-state index contributed by atoms with van der Waals surface area (Å²) < 4.78 is 14.5. The summed E-state index contributed by atoms with van der Waals surface area (Å²) in [6, 6.07) is 0. The number of carbonyl (C=O) groups is 1. The zero-order valence-corrected chi connectivity index (χ0v) is 10.1. The molecule has 0 fully saturated rings. The molecule has 0 unspecified atom stereocenters. The van der Waals surface area contributed by atoms with Crippen LogP contribution in [0, 0.1) is 0 Å². The molecule has 3 N–H and O–H groups in total. The van der Waals surface area contributed by atoms with E-state index in [0.29, 0.717) is 6.61 Å². The largest absolute Gasteiger partial charge is 0.466 e. The van der Waals surface area contributed by atoms with Crippen molar-refractivity contribution in [2.24, 2.45) is 0 Å². The molecule has 0 radical (unpaired) electrons. The van der Waals surface area contributed by atoms with E-state index in [1.54, 1.807) is 0 Å². The molecule has 0 rings (SSSR count). The summed E-state index contributed by atoms with van der Waals surface area (Å²) in [5.41, 5.74) is 0. The van der Waals surface area contributed by atoms with Gasteiger partial charge in [-0.3, -0.25) is 0 Å². The zero-order chi connectivity index (χ0) is 10.9. The fourth-order valence-electron chi connectivity index (χ4n) is 0.262. The number of esters is 1. The molecule has 72 valence electrons. The van der Waals surface area contributed by atoms with Gasteiger partial charge in [0.2, 0.25) is 0 Å². The summed E-state index contributed by atoms with van der Waals surface area (Å²) in [5.74, 6) is -0.319. The van der Waals surface area contributed by atoms with E-state index in [-0.39, 0.29) is 5.97 Å². The first-order valence-electron chi connectivity index (χ1n) is 3.38. The van der Waals surface area contributed by atoms with Crippen molar-refractivity contribution in [2.75, 3.05) is 6.61 Å². The maximum atomic E-state index is 10.2. The molecule has 0 bridgehead atoms. The van der Waals surface area contributed by atoms with E-state index in [2.05, 4.69) is 11.3 Å². The Labute approximate surface area is 93.3 Å². The normalized spacial score (nSPS) is 9.62. The van der Waals surface area contributed by atoms with E-state index < -0.39 is 7.82 Å². The van der Waals surface area contributed by atoms with Gasteiger partial charge in [-0.15, -0.1) is 0 Å². The quantitative estimate of drug-likeness (QED) is 0.253. The third kappa shape index (κ3) is 32.9. The van der Waals surface area contributed by atoms with E-state index in [1.807, 2.05) is 0 Å². The average molecular weight is 220 g/mol. The van der Waals surface area contributed by atoms with Crippen molar-refractivity contribution in [1.29, 1.82) is 0 Å². The summed E-state index contributed by atoms with van der Waals surface area (Å²) >= 11 is 1.09. The zero-order valence-electron chi connectivity index (χ0n) is 7.21. The van der Waals surface area contributed by atoms with Gasteiger partial charge in [0.25, 0.3) is 0 Å². The van der Waals surface area contributed by atoms with Gasteiger partial charge in [0, 0.05) is 0 Å². The summed E-state index contributed by atoms with van der Waals surface area (Å²) in [6.45, 7) is 3.80. The molecule has 0 saturated heterocycles. The van der Waals surface area contributed by atoms with E-state index >= 15 is 0 Å². The fraction of sp³-hybridized carbons (Fsp3) is 0.400. The minimum atomic E-state index is -4.64. The van der Waals surface area contributed by atoms with Crippen molar-refractivity contribution >= 4 is 41.7 Å². The SMILES string of the molecule is C=CC(=O)OC[CH2][Na].O=P(O)(O)O. The van der Waals surface area contributed by atoms with Gasteiger partial charge in [-0.05, 0) is 0 Å². The summed E-state index contributed by atoms with van der Waals surface area (Å²) in [6.07, 6.45) is 1.18. The van der Waals surface area contributed by atoms with Crippen LogP contribution in [0.15, 0.2) is 12.7 Å². The number of carbonyl (C=O) groups excluding carboxylic acids is 1. The topological polar surface area (TPSA) is 104 Å². The second-order valence-corrected chi connectivity index (χ2v) is 3.91. The predicted octanol–water partition coefficient (Wildman–Crippen LogP) is -0.626. The first-order valence-corrected chi connectivity index (χ1v) is 6.36. The molecule has 6 nitrogen and oxygen atoms in total. The Morgan fingerprint density at radius 3 is 2.15 bits per heavy atom. The van der Waals surface area contributed by atoms with Crippen molar-refractivity contribution < 1.29 is 28.8 Å². The van der Waals surface area contributed by atoms with Gasteiger partial charge in [-0.1, -0.05) is 0 Å². The Kier molecular flexibility index (Phi) is 10.8. The van der Waals surface area contributed by atoms with Crippen LogP contribution in [0.2, 0.25) is 3.67 Å². The van der Waals surface area contributed by atoms with Gasteiger partial charge < -0.3 is 14.7 Å². The molecule has 0 aliphatic rings. The molecular formula is C5H10NaO6P. The van der Waals surface area contributed by atoms with E-state index in [4.69, 9.17) is 19.2 Å². The van der Waals surface area contributed by atoms with Gasteiger partial charge in [-0.25, -0.2) is 4.57 Å². The van der Waals surface area contributed by atoms with E-state index in [0.717, 1.165) is 31.6 Å². The van der Waals surface area contributed by atoms with Crippen LogP contribution in [0.3, 0.4) is 0 Å². The summed E-state index contributed by atoms with van der Waals surface area (Å²) in [5, 5.41) is 0. The molecule has 0 aromatic heterocycles. The third-order valence-corrected chi connectivity index (χ3v) is 1.02. The minimum Gasteiger partial charge on any atom is -0.303 e. The van der Waals surface area contributed by atoms with Crippen molar-refractivity contribution in [3.8, 4) is 0 Å². The van der Waals surface area contributed by atoms with Crippen LogP contribution in [0.4, 0.5) is 0 Å². The van der Waals surface area contributed by atoms with E-state index in [1.165, 1.54) is 6.08 Å². The Morgan fingerprint density at radius 1 is 1.54 bits per heavy atom. The minimum absolute atomic E-state index is 0.319. The number of ether oxygens (including phenoxy) is 1. The molecule has 0 heterocycles. The van der Waals surface area contributed by atoms with Crippen molar-refractivity contribution in [3.05, 3.63) is 12.7 Å². The first-order chi connectivity index (χ1) is 5.81. The summed E-state index contributed by atoms with van der Waals surface area (Å²) in [7, 11) is -4.64. The van der Waals surface area contributed by atoms with Crippen LogP contribution < -0.4 is 0 Å². The third-order valence-electron chi connectivity index (χ3n) is 0.615. The molecule has 0 aliphatic heterocycles. The van der Waals surface area contributed by atoms with Crippen LogP contribution in [0.5, 0.6) is 0 Å². The maximum Gasteiger partial charge on any atom is 0.466 e. The van der Waals surface area contributed by atoms with Gasteiger partial charge in [0.1, 0.15) is 0 Å². The van der Waals surface area contributed by atoms with Crippen molar-refractivity contribution in [2.45, 2.75) is 3.67 Å². The second kappa shape index (κ2) is 8.90. The van der Waals surface area contributed by atoms with E-state index in [9.17, 15) is 4.79 Å². The second-order valence-electron chi connectivity index (χ2n) is 1.88. The Morgan fingerprint density at radius 2 is 1.92 bits per heavy atom. The number of rotatable bonds is 3. The van der Waals surface area contributed by atoms with Crippen LogP contribution in [0.25, 0.3) is 0 Å². The maximum absolute atomic E-state index is 10.2. The van der Waals surface area contributed by atoms with Crippen LogP contribution in [-0.4, -0.2) is 55.2 Å². The standard InChI is InChI=1S/C5H7O2.Na.H3O4P/c1-3-5(6)7-4-2;;1-5(2,3)4/h3H,1-2,4H2;;(H3,1,2,3,4). The monoisotopic (exact) mass is 220 g/mol. The number of hydrogen-bond acceptors (Lipinski definition) is 3. The molecule has 0 amide bonds. The van der Waals surface area contributed by atoms with Crippen molar-refractivity contribution in [3.63, 3.8) is 0 Å². The van der Waals surface area contributed by atoms with Gasteiger partial charge in [0.05, 0.1) is 0 Å². The molecular weight excluding hydrogens is 210 g/mol. The Hall–Kier alpha value is 0.320. The Balaban J connectivity index is 0. The molecule has 0 spiro atoms. The smallest absolute Gasteiger partial charge is 0.303 e. The Bertz CT molecular complexity index is 191. The fourth-order valence-corrected chi connectivity index (χ4v) is 0.466. The molecule has 8 heteroatoms. The van der Waals surface area contributed by atoms with Gasteiger partial charge >= 0.3 is 74.2 Å². The molecule has 0 saturated carbocycles. The average Bonchev–Trinajstić information content (AvgIpc) is 1.97. The molecule has 0 aromatic carbocycles. The van der Waals surface area contributed by atoms with Crippen LogP contribution in [-0.2, 0) is 14.1 Å². The molecule has 0 atom stereocenters. The predicted molar refractivity (Wildman–Crippen MR) is 46.0 cm³/mol. The van der Waals surface area contributed by atoms with Crippen LogP contribution in [0.1, 0.15) is 0 Å². The van der Waals surface area contributed by atoms with Crippen molar-refractivity contribution in [1.82, 2.24) is 0 Å². The number of hydrogen-bond donors (Lipinski definition) is 3. The van der Waals surface area contributed by atoms with Crippen LogP contribution >= 0.6 is 7.82 Å². The molecule has 0 aromatic rings. The number of phosphoric acid groups is 1. The van der Waals surface area contributed by atoms with Gasteiger partial charge in [-0.2, -0.15) is 0 Å².